The Kier molecular flexibility index (Phi) is 2.90. The zero-order chi connectivity index (χ0) is 16.0. The molecule has 0 radical (unpaired) electrons. The number of ketones is 2. The summed E-state index contributed by atoms with van der Waals surface area (Å²) in [7, 11) is 0. The number of carbonyl (C=O) groups excluding carboxylic acids is 2. The van der Waals surface area contributed by atoms with Crippen LogP contribution in [0.5, 0.6) is 0 Å². The number of hydrogen-bond acceptors (Lipinski definition) is 4. The van der Waals surface area contributed by atoms with Crippen molar-refractivity contribution in [3.8, 4) is 12.1 Å². The van der Waals surface area contributed by atoms with Gasteiger partial charge in [-0.1, -0.05) is 24.3 Å². The molecular weight excluding hydrogens is 276 g/mol. The fraction of sp³-hybridized carbons (Fsp3) is 0.111. The first kappa shape index (κ1) is 13.7. The first-order valence-electron chi connectivity index (χ1n) is 6.68. The van der Waals surface area contributed by atoms with E-state index in [0.29, 0.717) is 22.3 Å². The van der Waals surface area contributed by atoms with Crippen molar-refractivity contribution in [1.82, 2.24) is 0 Å². The van der Waals surface area contributed by atoms with Crippen molar-refractivity contribution in [2.75, 3.05) is 0 Å². The Morgan fingerprint density at radius 2 is 1.14 bits per heavy atom. The average Bonchev–Trinajstić information content (AvgIpc) is 2.53. The van der Waals surface area contributed by atoms with E-state index in [9.17, 15) is 20.1 Å². The van der Waals surface area contributed by atoms with Gasteiger partial charge in [0.25, 0.3) is 0 Å². The normalized spacial score (nSPS) is 12.2. The summed E-state index contributed by atoms with van der Waals surface area (Å²) in [4.78, 5) is 25.5. The van der Waals surface area contributed by atoms with Gasteiger partial charge in [-0.15, -0.1) is 0 Å². The highest BCUT2D eigenvalue weighted by Crippen LogP contribution is 2.35. The van der Waals surface area contributed by atoms with Crippen molar-refractivity contribution in [3.63, 3.8) is 0 Å². The Morgan fingerprint density at radius 3 is 1.45 bits per heavy atom. The molecule has 1 aliphatic carbocycles. The molecule has 4 nitrogen and oxygen atoms in total. The van der Waals surface area contributed by atoms with E-state index < -0.39 is 0 Å². The van der Waals surface area contributed by atoms with Gasteiger partial charge < -0.3 is 0 Å². The largest absolute Gasteiger partial charge is 0.289 e. The number of carbonyl (C=O) groups is 2. The Balaban J connectivity index is 2.50. The Hall–Kier alpha value is -3.24. The van der Waals surface area contributed by atoms with Crippen LogP contribution in [0.3, 0.4) is 0 Å². The van der Waals surface area contributed by atoms with Crippen molar-refractivity contribution in [2.24, 2.45) is 0 Å². The van der Waals surface area contributed by atoms with E-state index in [1.807, 2.05) is 12.1 Å². The maximum Gasteiger partial charge on any atom is 0.194 e. The van der Waals surface area contributed by atoms with E-state index >= 15 is 0 Å². The fourth-order valence-corrected chi connectivity index (χ4v) is 3.00. The predicted molar refractivity (Wildman–Crippen MR) is 78.7 cm³/mol. The van der Waals surface area contributed by atoms with E-state index in [0.717, 1.165) is 0 Å². The van der Waals surface area contributed by atoms with E-state index in [4.69, 9.17) is 0 Å². The average molecular weight is 286 g/mol. The van der Waals surface area contributed by atoms with Gasteiger partial charge in [0.15, 0.2) is 11.6 Å². The van der Waals surface area contributed by atoms with Gasteiger partial charge in [0.1, 0.15) is 12.1 Å². The van der Waals surface area contributed by atoms with Crippen LogP contribution < -0.4 is 0 Å². The Bertz CT molecular complexity index is 879. The second kappa shape index (κ2) is 4.65. The molecule has 3 rings (SSSR count). The zero-order valence-electron chi connectivity index (χ0n) is 12.0. The number of nitrogens with zero attached hydrogens (tertiary/aromatic N) is 2. The number of rotatable bonds is 0. The third-order valence-corrected chi connectivity index (χ3v) is 4.09. The molecule has 1 aliphatic rings. The summed E-state index contributed by atoms with van der Waals surface area (Å²) in [6.07, 6.45) is 0. The molecule has 0 fully saturated rings. The molecule has 2 aromatic carbocycles. The Labute approximate surface area is 127 Å². The quantitative estimate of drug-likeness (QED) is 0.636. The highest BCUT2D eigenvalue weighted by Gasteiger charge is 2.34. The molecule has 104 valence electrons. The molecule has 2 aromatic rings. The molecule has 0 bridgehead atoms. The summed E-state index contributed by atoms with van der Waals surface area (Å²) in [6.45, 7) is 3.22. The standard InChI is InChI=1S/C18H10N2O2/c1-9-13(7-19)14(8-20)10(2)16-15(9)17(21)11-5-3-4-6-12(11)18(16)22/h3-6H,1-2H3. The van der Waals surface area contributed by atoms with Crippen LogP contribution >= 0.6 is 0 Å². The Morgan fingerprint density at radius 1 is 0.773 bits per heavy atom. The number of nitriles is 2. The van der Waals surface area contributed by atoms with Gasteiger partial charge >= 0.3 is 0 Å². The van der Waals surface area contributed by atoms with Gasteiger partial charge in [0.2, 0.25) is 0 Å². The van der Waals surface area contributed by atoms with Crippen LogP contribution in [0.15, 0.2) is 24.3 Å². The molecule has 0 saturated heterocycles. The van der Waals surface area contributed by atoms with Crippen LogP contribution in [0.25, 0.3) is 0 Å². The molecule has 0 saturated carbocycles. The maximum absolute atomic E-state index is 12.7. The SMILES string of the molecule is Cc1c(C#N)c(C#N)c(C)c2c1C(=O)c1ccccc1C2=O. The smallest absolute Gasteiger partial charge is 0.194 e. The molecule has 0 atom stereocenters. The van der Waals surface area contributed by atoms with Crippen molar-refractivity contribution >= 4 is 11.6 Å². The van der Waals surface area contributed by atoms with Crippen LogP contribution in [0.4, 0.5) is 0 Å². The second-order valence-electron chi connectivity index (χ2n) is 5.18. The topological polar surface area (TPSA) is 81.7 Å². The number of hydrogen-bond donors (Lipinski definition) is 0. The highest BCUT2D eigenvalue weighted by molar-refractivity contribution is 6.29. The van der Waals surface area contributed by atoms with Gasteiger partial charge in [-0.3, -0.25) is 9.59 Å². The minimum atomic E-state index is -0.271. The molecule has 4 heteroatoms. The van der Waals surface area contributed by atoms with E-state index in [-0.39, 0.29) is 33.8 Å². The molecule has 0 unspecified atom stereocenters. The van der Waals surface area contributed by atoms with Crippen LogP contribution in [0, 0.1) is 36.5 Å². The molecular formula is C18H10N2O2. The lowest BCUT2D eigenvalue weighted by molar-refractivity contribution is 0.0978. The third kappa shape index (κ3) is 1.55. The minimum Gasteiger partial charge on any atom is -0.289 e. The van der Waals surface area contributed by atoms with Crippen LogP contribution in [-0.2, 0) is 0 Å². The first-order chi connectivity index (χ1) is 10.5. The molecule has 22 heavy (non-hydrogen) atoms. The summed E-state index contributed by atoms with van der Waals surface area (Å²) >= 11 is 0. The van der Waals surface area contributed by atoms with Gasteiger partial charge in [-0.05, 0) is 25.0 Å². The third-order valence-electron chi connectivity index (χ3n) is 4.09. The molecule has 0 amide bonds. The van der Waals surface area contributed by atoms with Crippen molar-refractivity contribution < 1.29 is 9.59 Å². The zero-order valence-corrected chi connectivity index (χ0v) is 12.0. The lowest BCUT2D eigenvalue weighted by Crippen LogP contribution is -2.24. The number of benzene rings is 2. The first-order valence-corrected chi connectivity index (χ1v) is 6.68. The summed E-state index contributed by atoms with van der Waals surface area (Å²) in [5, 5.41) is 18.6. The van der Waals surface area contributed by atoms with Gasteiger partial charge in [-0.2, -0.15) is 10.5 Å². The van der Waals surface area contributed by atoms with Crippen molar-refractivity contribution in [3.05, 3.63) is 68.8 Å². The second-order valence-corrected chi connectivity index (χ2v) is 5.18. The molecule has 0 N–H and O–H groups in total. The molecule has 0 spiro atoms. The summed E-state index contributed by atoms with van der Waals surface area (Å²) < 4.78 is 0. The molecule has 0 aromatic heterocycles. The summed E-state index contributed by atoms with van der Waals surface area (Å²) in [5.41, 5.74) is 2.30. The van der Waals surface area contributed by atoms with Crippen LogP contribution in [0.2, 0.25) is 0 Å². The maximum atomic E-state index is 12.7. The lowest BCUT2D eigenvalue weighted by atomic mass is 9.77. The summed E-state index contributed by atoms with van der Waals surface area (Å²) in [5.74, 6) is -0.543. The lowest BCUT2D eigenvalue weighted by Gasteiger charge is -2.22. The predicted octanol–water partition coefficient (Wildman–Crippen LogP) is 2.82. The summed E-state index contributed by atoms with van der Waals surface area (Å²) in [6, 6.07) is 10.6. The van der Waals surface area contributed by atoms with E-state index in [1.54, 1.807) is 38.1 Å². The van der Waals surface area contributed by atoms with Crippen molar-refractivity contribution in [1.29, 1.82) is 10.5 Å². The van der Waals surface area contributed by atoms with Gasteiger partial charge in [-0.25, -0.2) is 0 Å². The molecule has 0 aliphatic heterocycles. The highest BCUT2D eigenvalue weighted by atomic mass is 16.1. The fourth-order valence-electron chi connectivity index (χ4n) is 3.00. The van der Waals surface area contributed by atoms with Crippen molar-refractivity contribution in [2.45, 2.75) is 13.8 Å². The van der Waals surface area contributed by atoms with E-state index in [2.05, 4.69) is 0 Å². The van der Waals surface area contributed by atoms with Gasteiger partial charge in [0, 0.05) is 22.3 Å². The molecule has 0 heterocycles. The van der Waals surface area contributed by atoms with Gasteiger partial charge in [0.05, 0.1) is 11.1 Å². The number of fused-ring (bicyclic) bond motifs is 2. The van der Waals surface area contributed by atoms with Crippen LogP contribution in [-0.4, -0.2) is 11.6 Å². The van der Waals surface area contributed by atoms with Crippen LogP contribution in [0.1, 0.15) is 54.1 Å². The monoisotopic (exact) mass is 286 g/mol. The van der Waals surface area contributed by atoms with E-state index in [1.165, 1.54) is 0 Å². The minimum absolute atomic E-state index is 0.166.